The van der Waals surface area contributed by atoms with Crippen LogP contribution in [0.4, 0.5) is 5.69 Å². The molecular weight excluding hydrogens is 284 g/mol. The van der Waals surface area contributed by atoms with Crippen LogP contribution in [0, 0.1) is 0 Å². The van der Waals surface area contributed by atoms with Crippen LogP contribution in [0.25, 0.3) is 0 Å². The largest absolute Gasteiger partial charge is 0.387 e. The van der Waals surface area contributed by atoms with Crippen molar-refractivity contribution in [2.75, 3.05) is 0 Å². The zero-order valence-electron chi connectivity index (χ0n) is 6.51. The second-order valence-electron chi connectivity index (χ2n) is 2.35. The first kappa shape index (κ1) is 9.74. The lowest BCUT2D eigenvalue weighted by atomic mass is 10.3. The van der Waals surface area contributed by atoms with Gasteiger partial charge in [0, 0.05) is 8.95 Å². The van der Waals surface area contributed by atoms with Crippen LogP contribution in [-0.2, 0) is 0 Å². The minimum atomic E-state index is 0.554. The van der Waals surface area contributed by atoms with Gasteiger partial charge in [-0.3, -0.25) is 0 Å². The Morgan fingerprint density at radius 1 is 1.42 bits per heavy atom. The van der Waals surface area contributed by atoms with Crippen molar-refractivity contribution in [2.45, 2.75) is 6.92 Å². The molecule has 0 spiro atoms. The summed E-state index contributed by atoms with van der Waals surface area (Å²) in [7, 11) is 0. The van der Waals surface area contributed by atoms with Crippen LogP contribution < -0.4 is 5.73 Å². The molecule has 12 heavy (non-hydrogen) atoms. The van der Waals surface area contributed by atoms with E-state index >= 15 is 0 Å². The molecule has 0 saturated carbocycles. The molecule has 0 heterocycles. The molecule has 0 amide bonds. The number of rotatable bonds is 1. The summed E-state index contributed by atoms with van der Waals surface area (Å²) in [5, 5.41) is 0. The number of amidine groups is 1. The van der Waals surface area contributed by atoms with Crippen LogP contribution in [-0.4, -0.2) is 5.84 Å². The van der Waals surface area contributed by atoms with Crippen molar-refractivity contribution in [3.05, 3.63) is 27.1 Å². The van der Waals surface area contributed by atoms with Crippen molar-refractivity contribution in [1.82, 2.24) is 0 Å². The Bertz CT molecular complexity index is 317. The zero-order valence-corrected chi connectivity index (χ0v) is 9.68. The third-order valence-corrected chi connectivity index (χ3v) is 2.33. The number of aliphatic imine (C=N–C) groups is 1. The maximum Gasteiger partial charge on any atom is 0.0965 e. The molecule has 2 nitrogen and oxygen atoms in total. The number of hydrogen-bond acceptors (Lipinski definition) is 1. The summed E-state index contributed by atoms with van der Waals surface area (Å²) in [4.78, 5) is 4.13. The second kappa shape index (κ2) is 4.05. The molecule has 64 valence electrons. The van der Waals surface area contributed by atoms with Crippen molar-refractivity contribution in [3.63, 3.8) is 0 Å². The molecule has 1 aromatic carbocycles. The molecule has 2 N–H and O–H groups in total. The molecule has 0 aliphatic rings. The van der Waals surface area contributed by atoms with Crippen molar-refractivity contribution in [1.29, 1.82) is 0 Å². The lowest BCUT2D eigenvalue weighted by Gasteiger charge is -1.99. The van der Waals surface area contributed by atoms with E-state index in [1.807, 2.05) is 18.2 Å². The SMILES string of the molecule is CC(N)=Nc1ccc(Br)cc1Br. The molecule has 0 fully saturated rings. The fraction of sp³-hybridized carbons (Fsp3) is 0.125. The predicted molar refractivity (Wildman–Crippen MR) is 58.8 cm³/mol. The average molecular weight is 292 g/mol. The minimum absolute atomic E-state index is 0.554. The first-order valence-electron chi connectivity index (χ1n) is 3.35. The predicted octanol–water partition coefficient (Wildman–Crippen LogP) is 3.22. The van der Waals surface area contributed by atoms with Gasteiger partial charge in [-0.05, 0) is 41.1 Å². The van der Waals surface area contributed by atoms with Crippen molar-refractivity contribution in [3.8, 4) is 0 Å². The molecule has 0 aliphatic heterocycles. The van der Waals surface area contributed by atoms with Crippen molar-refractivity contribution < 1.29 is 0 Å². The lowest BCUT2D eigenvalue weighted by molar-refractivity contribution is 1.42. The molecule has 0 atom stereocenters. The quantitative estimate of drug-likeness (QED) is 0.626. The van der Waals surface area contributed by atoms with Crippen LogP contribution in [0.3, 0.4) is 0 Å². The van der Waals surface area contributed by atoms with Crippen LogP contribution in [0.15, 0.2) is 32.1 Å². The Hall–Kier alpha value is -0.350. The van der Waals surface area contributed by atoms with E-state index in [0.29, 0.717) is 5.84 Å². The van der Waals surface area contributed by atoms with E-state index in [2.05, 4.69) is 36.9 Å². The molecule has 1 aromatic rings. The maximum absolute atomic E-state index is 5.45. The van der Waals surface area contributed by atoms with Gasteiger partial charge in [0.2, 0.25) is 0 Å². The van der Waals surface area contributed by atoms with Crippen LogP contribution in [0.5, 0.6) is 0 Å². The van der Waals surface area contributed by atoms with Crippen molar-refractivity contribution in [2.24, 2.45) is 10.7 Å². The number of nitrogens with zero attached hydrogens (tertiary/aromatic N) is 1. The van der Waals surface area contributed by atoms with Gasteiger partial charge in [-0.25, -0.2) is 4.99 Å². The number of halogens is 2. The van der Waals surface area contributed by atoms with E-state index in [1.54, 1.807) is 6.92 Å². The van der Waals surface area contributed by atoms with E-state index < -0.39 is 0 Å². The molecule has 0 unspecified atom stereocenters. The fourth-order valence-corrected chi connectivity index (χ4v) is 1.90. The Morgan fingerprint density at radius 3 is 2.58 bits per heavy atom. The Labute approximate surface area is 88.1 Å². The van der Waals surface area contributed by atoms with E-state index in [9.17, 15) is 0 Å². The summed E-state index contributed by atoms with van der Waals surface area (Å²) >= 11 is 6.74. The van der Waals surface area contributed by atoms with Gasteiger partial charge in [0.25, 0.3) is 0 Å². The lowest BCUT2D eigenvalue weighted by Crippen LogP contribution is -2.03. The summed E-state index contributed by atoms with van der Waals surface area (Å²) in [6.07, 6.45) is 0. The summed E-state index contributed by atoms with van der Waals surface area (Å²) in [5.41, 5.74) is 6.29. The van der Waals surface area contributed by atoms with E-state index in [4.69, 9.17) is 5.73 Å². The van der Waals surface area contributed by atoms with Crippen LogP contribution >= 0.6 is 31.9 Å². The van der Waals surface area contributed by atoms with Gasteiger partial charge in [0.05, 0.1) is 11.5 Å². The third kappa shape index (κ3) is 2.60. The van der Waals surface area contributed by atoms with Gasteiger partial charge in [-0.15, -0.1) is 0 Å². The monoisotopic (exact) mass is 290 g/mol. The highest BCUT2D eigenvalue weighted by atomic mass is 79.9. The molecule has 0 bridgehead atoms. The first-order chi connectivity index (χ1) is 5.59. The highest BCUT2D eigenvalue weighted by molar-refractivity contribution is 9.11. The minimum Gasteiger partial charge on any atom is -0.387 e. The molecule has 4 heteroatoms. The standard InChI is InChI=1S/C8H8Br2N2/c1-5(11)12-8-3-2-6(9)4-7(8)10/h2-4H,1H3,(H2,11,12). The summed E-state index contributed by atoms with van der Waals surface area (Å²) < 4.78 is 1.95. The number of nitrogens with two attached hydrogens (primary N) is 1. The zero-order chi connectivity index (χ0) is 9.14. The number of benzene rings is 1. The van der Waals surface area contributed by atoms with Crippen LogP contribution in [0.1, 0.15) is 6.92 Å². The molecular formula is C8H8Br2N2. The Balaban J connectivity index is 3.10. The van der Waals surface area contributed by atoms with E-state index in [-0.39, 0.29) is 0 Å². The summed E-state index contributed by atoms with van der Waals surface area (Å²) in [6, 6.07) is 5.75. The molecule has 0 saturated heterocycles. The van der Waals surface area contributed by atoms with Crippen LogP contribution in [0.2, 0.25) is 0 Å². The topological polar surface area (TPSA) is 38.4 Å². The second-order valence-corrected chi connectivity index (χ2v) is 4.12. The Kier molecular flexibility index (Phi) is 3.29. The number of hydrogen-bond donors (Lipinski definition) is 1. The smallest absolute Gasteiger partial charge is 0.0965 e. The molecule has 1 rings (SSSR count). The maximum atomic E-state index is 5.45. The van der Waals surface area contributed by atoms with Gasteiger partial charge < -0.3 is 5.73 Å². The third-order valence-electron chi connectivity index (χ3n) is 1.21. The Morgan fingerprint density at radius 2 is 2.08 bits per heavy atom. The van der Waals surface area contributed by atoms with Crippen molar-refractivity contribution >= 4 is 43.4 Å². The first-order valence-corrected chi connectivity index (χ1v) is 4.94. The summed E-state index contributed by atoms with van der Waals surface area (Å²) in [5.74, 6) is 0.554. The van der Waals surface area contributed by atoms with Gasteiger partial charge in [-0.2, -0.15) is 0 Å². The van der Waals surface area contributed by atoms with Gasteiger partial charge in [0.1, 0.15) is 0 Å². The van der Waals surface area contributed by atoms with Gasteiger partial charge in [0.15, 0.2) is 0 Å². The molecule has 0 aromatic heterocycles. The fourth-order valence-electron chi connectivity index (χ4n) is 0.762. The molecule has 0 aliphatic carbocycles. The van der Waals surface area contributed by atoms with Gasteiger partial charge in [-0.1, -0.05) is 15.9 Å². The summed E-state index contributed by atoms with van der Waals surface area (Å²) in [6.45, 7) is 1.76. The average Bonchev–Trinajstić information content (AvgIpc) is 1.94. The normalized spacial score (nSPS) is 11.8. The van der Waals surface area contributed by atoms with Gasteiger partial charge >= 0.3 is 0 Å². The van der Waals surface area contributed by atoms with E-state index in [1.165, 1.54) is 0 Å². The molecule has 0 radical (unpaired) electrons. The highest BCUT2D eigenvalue weighted by Crippen LogP contribution is 2.28. The highest BCUT2D eigenvalue weighted by Gasteiger charge is 1.97. The van der Waals surface area contributed by atoms with E-state index in [0.717, 1.165) is 14.6 Å².